The molecule has 1 aliphatic heterocycles. The Hall–Kier alpha value is -2.74. The smallest absolute Gasteiger partial charge is 0.323 e. The molecule has 0 radical (unpaired) electrons. The summed E-state index contributed by atoms with van der Waals surface area (Å²) in [5.74, 6) is -0.984. The van der Waals surface area contributed by atoms with Crippen molar-refractivity contribution < 1.29 is 14.4 Å². The second-order valence-corrected chi connectivity index (χ2v) is 7.05. The van der Waals surface area contributed by atoms with Crippen molar-refractivity contribution in [3.63, 3.8) is 0 Å². The van der Waals surface area contributed by atoms with E-state index >= 15 is 0 Å². The van der Waals surface area contributed by atoms with Crippen molar-refractivity contribution in [2.45, 2.75) is 19.4 Å². The van der Waals surface area contributed by atoms with Gasteiger partial charge in [-0.1, -0.05) is 12.1 Å². The van der Waals surface area contributed by atoms with Crippen LogP contribution in [-0.4, -0.2) is 34.3 Å². The third-order valence-corrected chi connectivity index (χ3v) is 4.81. The number of anilines is 1. The van der Waals surface area contributed by atoms with E-state index in [9.17, 15) is 14.4 Å². The van der Waals surface area contributed by atoms with Gasteiger partial charge in [-0.05, 0) is 59.6 Å². The minimum Gasteiger partial charge on any atom is -0.323 e. The van der Waals surface area contributed by atoms with Gasteiger partial charge in [0, 0.05) is 10.7 Å². The predicted molar refractivity (Wildman–Crippen MR) is 99.3 cm³/mol. The number of carbonyl (C=O) groups excluding carboxylic acids is 3. The van der Waals surface area contributed by atoms with Gasteiger partial charge in [0.15, 0.2) is 5.54 Å². The molecule has 2 heterocycles. The average Bonchev–Trinajstić information content (AvgIpc) is 2.82. The molecule has 2 aromatic rings. The van der Waals surface area contributed by atoms with E-state index in [-0.39, 0.29) is 6.54 Å². The average molecular weight is 417 g/mol. The molecule has 0 spiro atoms. The molecule has 1 aromatic carbocycles. The fraction of sp³-hybridized carbons (Fsp3) is 0.222. The first-order valence-corrected chi connectivity index (χ1v) is 8.72. The van der Waals surface area contributed by atoms with Gasteiger partial charge in [-0.15, -0.1) is 0 Å². The lowest BCUT2D eigenvalue weighted by molar-refractivity contribution is -0.133. The minimum atomic E-state index is -1.29. The molecule has 0 bridgehead atoms. The number of urea groups is 1. The first kappa shape index (κ1) is 18.1. The number of rotatable bonds is 4. The SMILES string of the molecule is Cc1ccc(NC(=O)CN2C(=O)NC(C)(c3ccccn3)C2=O)c(Br)c1. The number of nitrogens with one attached hydrogen (secondary N) is 2. The lowest BCUT2D eigenvalue weighted by atomic mass is 9.97. The highest BCUT2D eigenvalue weighted by Gasteiger charge is 2.50. The van der Waals surface area contributed by atoms with Crippen molar-refractivity contribution in [2.24, 2.45) is 0 Å². The maximum Gasteiger partial charge on any atom is 0.325 e. The van der Waals surface area contributed by atoms with Crippen molar-refractivity contribution >= 4 is 39.5 Å². The topological polar surface area (TPSA) is 91.4 Å². The van der Waals surface area contributed by atoms with Crippen molar-refractivity contribution in [1.82, 2.24) is 15.2 Å². The molecule has 1 aromatic heterocycles. The van der Waals surface area contributed by atoms with E-state index in [2.05, 4.69) is 31.5 Å². The number of hydrogen-bond donors (Lipinski definition) is 2. The predicted octanol–water partition coefficient (Wildman–Crippen LogP) is 2.56. The van der Waals surface area contributed by atoms with E-state index in [0.717, 1.165) is 14.9 Å². The summed E-state index contributed by atoms with van der Waals surface area (Å²) in [4.78, 5) is 42.4. The minimum absolute atomic E-state index is 0.382. The molecule has 7 nitrogen and oxygen atoms in total. The van der Waals surface area contributed by atoms with E-state index in [1.807, 2.05) is 19.1 Å². The van der Waals surface area contributed by atoms with Gasteiger partial charge in [0.1, 0.15) is 6.54 Å². The van der Waals surface area contributed by atoms with Gasteiger partial charge in [-0.2, -0.15) is 0 Å². The number of halogens is 1. The summed E-state index contributed by atoms with van der Waals surface area (Å²) >= 11 is 3.38. The van der Waals surface area contributed by atoms with Gasteiger partial charge >= 0.3 is 6.03 Å². The number of benzene rings is 1. The fourth-order valence-electron chi connectivity index (χ4n) is 2.73. The Labute approximate surface area is 158 Å². The van der Waals surface area contributed by atoms with Crippen LogP contribution in [0.1, 0.15) is 18.2 Å². The molecule has 1 atom stereocenters. The van der Waals surface area contributed by atoms with Crippen LogP contribution in [-0.2, 0) is 15.1 Å². The number of carbonyl (C=O) groups is 3. The molecule has 1 aliphatic rings. The summed E-state index contributed by atoms with van der Waals surface area (Å²) in [6.45, 7) is 3.12. The van der Waals surface area contributed by atoms with Crippen molar-refractivity contribution in [3.05, 3.63) is 58.3 Å². The van der Waals surface area contributed by atoms with E-state index in [1.165, 1.54) is 0 Å². The summed E-state index contributed by atoms with van der Waals surface area (Å²) in [6.07, 6.45) is 1.55. The number of aryl methyl sites for hydroxylation is 1. The van der Waals surface area contributed by atoms with E-state index in [4.69, 9.17) is 0 Å². The number of hydrogen-bond acceptors (Lipinski definition) is 4. The van der Waals surface area contributed by atoms with Crippen LogP contribution in [0.5, 0.6) is 0 Å². The zero-order valence-electron chi connectivity index (χ0n) is 14.2. The fourth-order valence-corrected chi connectivity index (χ4v) is 3.32. The first-order valence-electron chi connectivity index (χ1n) is 7.93. The van der Waals surface area contributed by atoms with Crippen LogP contribution in [0.15, 0.2) is 47.1 Å². The number of amides is 4. The normalized spacial score (nSPS) is 19.4. The third kappa shape index (κ3) is 3.32. The Kier molecular flexibility index (Phi) is 4.78. The molecule has 1 saturated heterocycles. The molecular weight excluding hydrogens is 400 g/mol. The van der Waals surface area contributed by atoms with Crippen molar-refractivity contribution in [3.8, 4) is 0 Å². The summed E-state index contributed by atoms with van der Waals surface area (Å²) in [5, 5.41) is 5.32. The molecule has 134 valence electrons. The number of imide groups is 1. The van der Waals surface area contributed by atoms with E-state index in [1.54, 1.807) is 37.4 Å². The lowest BCUT2D eigenvalue weighted by Gasteiger charge is -2.20. The van der Waals surface area contributed by atoms with Gasteiger partial charge < -0.3 is 10.6 Å². The maximum atomic E-state index is 12.8. The Morgan fingerprint density at radius 3 is 2.73 bits per heavy atom. The van der Waals surface area contributed by atoms with Crippen molar-refractivity contribution in [2.75, 3.05) is 11.9 Å². The van der Waals surface area contributed by atoms with Crippen molar-refractivity contribution in [1.29, 1.82) is 0 Å². The third-order valence-electron chi connectivity index (χ3n) is 4.15. The quantitative estimate of drug-likeness (QED) is 0.749. The molecule has 4 amide bonds. The van der Waals surface area contributed by atoms with Crippen LogP contribution >= 0.6 is 15.9 Å². The Morgan fingerprint density at radius 2 is 2.08 bits per heavy atom. The van der Waals surface area contributed by atoms with Crippen LogP contribution in [0.2, 0.25) is 0 Å². The number of nitrogens with zero attached hydrogens (tertiary/aromatic N) is 2. The number of aromatic nitrogens is 1. The summed E-state index contributed by atoms with van der Waals surface area (Å²) in [5.41, 5.74) is 0.737. The maximum absolute atomic E-state index is 12.8. The van der Waals surface area contributed by atoms with Gasteiger partial charge in [0.2, 0.25) is 5.91 Å². The van der Waals surface area contributed by atoms with Crippen LogP contribution in [0, 0.1) is 6.92 Å². The van der Waals surface area contributed by atoms with E-state index < -0.39 is 23.4 Å². The number of pyridine rings is 1. The molecule has 3 rings (SSSR count). The molecule has 1 fully saturated rings. The molecule has 8 heteroatoms. The molecule has 0 saturated carbocycles. The molecule has 26 heavy (non-hydrogen) atoms. The summed E-state index contributed by atoms with van der Waals surface area (Å²) in [7, 11) is 0. The van der Waals surface area contributed by atoms with Gasteiger partial charge in [0.25, 0.3) is 5.91 Å². The monoisotopic (exact) mass is 416 g/mol. The standard InChI is InChI=1S/C18H17BrN4O3/c1-11-6-7-13(12(19)9-11)21-15(24)10-23-16(25)18(2,22-17(23)26)14-5-3-4-8-20-14/h3-9H,10H2,1-2H3,(H,21,24)(H,22,26). The zero-order valence-corrected chi connectivity index (χ0v) is 15.8. The first-order chi connectivity index (χ1) is 12.3. The highest BCUT2D eigenvalue weighted by atomic mass is 79.9. The van der Waals surface area contributed by atoms with Gasteiger partial charge in [0.05, 0.1) is 11.4 Å². The second-order valence-electron chi connectivity index (χ2n) is 6.19. The Balaban J connectivity index is 1.74. The highest BCUT2D eigenvalue weighted by molar-refractivity contribution is 9.10. The summed E-state index contributed by atoms with van der Waals surface area (Å²) < 4.78 is 0.723. The molecule has 0 aliphatic carbocycles. The molecule has 1 unspecified atom stereocenters. The largest absolute Gasteiger partial charge is 0.325 e. The molecule has 2 N–H and O–H groups in total. The van der Waals surface area contributed by atoms with Crippen LogP contribution in [0.4, 0.5) is 10.5 Å². The molecular formula is C18H17BrN4O3. The van der Waals surface area contributed by atoms with Crippen LogP contribution in [0.25, 0.3) is 0 Å². The van der Waals surface area contributed by atoms with Crippen LogP contribution < -0.4 is 10.6 Å². The van der Waals surface area contributed by atoms with Gasteiger partial charge in [-0.3, -0.25) is 19.5 Å². The zero-order chi connectivity index (χ0) is 18.9. The second kappa shape index (κ2) is 6.87. The van der Waals surface area contributed by atoms with Crippen LogP contribution in [0.3, 0.4) is 0 Å². The summed E-state index contributed by atoms with van der Waals surface area (Å²) in [6, 6.07) is 9.96. The lowest BCUT2D eigenvalue weighted by Crippen LogP contribution is -2.42. The highest BCUT2D eigenvalue weighted by Crippen LogP contribution is 2.27. The van der Waals surface area contributed by atoms with E-state index in [0.29, 0.717) is 11.4 Å². The van der Waals surface area contributed by atoms with Gasteiger partial charge in [-0.25, -0.2) is 4.79 Å². The Morgan fingerprint density at radius 1 is 1.31 bits per heavy atom. The Bertz CT molecular complexity index is 887.